The molecule has 0 spiro atoms. The van der Waals surface area contributed by atoms with Crippen LogP contribution in [0.4, 0.5) is 0 Å². The summed E-state index contributed by atoms with van der Waals surface area (Å²) in [4.78, 5) is 17.5. The monoisotopic (exact) mass is 281 g/mol. The maximum Gasteiger partial charge on any atom is 0.260 e. The molecule has 2 aromatic carbocycles. The van der Waals surface area contributed by atoms with Crippen molar-refractivity contribution in [1.82, 2.24) is 4.73 Å². The molecule has 0 saturated heterocycles. The molecule has 4 nitrogen and oxygen atoms in total. The van der Waals surface area contributed by atoms with Crippen molar-refractivity contribution in [2.45, 2.75) is 13.2 Å². The van der Waals surface area contributed by atoms with Crippen LogP contribution >= 0.6 is 0 Å². The number of hydrogen-bond donors (Lipinski definition) is 0. The Morgan fingerprint density at radius 3 is 2.48 bits per heavy atom. The quantitative estimate of drug-likeness (QED) is 0.690. The second-order valence-electron chi connectivity index (χ2n) is 4.63. The van der Waals surface area contributed by atoms with Crippen LogP contribution in [-0.2, 0) is 0 Å². The number of para-hydroxylation sites is 2. The summed E-state index contributed by atoms with van der Waals surface area (Å²) < 4.78 is 7.24. The third-order valence-corrected chi connectivity index (χ3v) is 3.08. The highest BCUT2D eigenvalue weighted by Crippen LogP contribution is 2.12. The summed E-state index contributed by atoms with van der Waals surface area (Å²) in [7, 11) is 0. The number of hydrogen-bond acceptors (Lipinski definition) is 3. The van der Waals surface area contributed by atoms with E-state index in [-0.39, 0.29) is 5.43 Å². The first-order chi connectivity index (χ1) is 10.2. The molecule has 0 radical (unpaired) electrons. The number of aromatic nitrogens is 1. The number of rotatable bonds is 4. The molecule has 1 aromatic heterocycles. The molecule has 1 atom stereocenters. The lowest BCUT2D eigenvalue weighted by molar-refractivity contribution is -0.0691. The predicted molar refractivity (Wildman–Crippen MR) is 81.3 cm³/mol. The Labute approximate surface area is 122 Å². The van der Waals surface area contributed by atoms with Crippen molar-refractivity contribution in [2.75, 3.05) is 0 Å². The Morgan fingerprint density at radius 1 is 0.952 bits per heavy atom. The number of nitrogens with zero attached hydrogens (tertiary/aromatic N) is 1. The van der Waals surface area contributed by atoms with Crippen LogP contribution in [0.25, 0.3) is 10.9 Å². The molecule has 0 bridgehead atoms. The van der Waals surface area contributed by atoms with E-state index in [0.29, 0.717) is 10.9 Å². The van der Waals surface area contributed by atoms with Crippen molar-refractivity contribution >= 4 is 10.9 Å². The first kappa shape index (κ1) is 13.2. The number of fused-ring (bicyclic) bond motifs is 1. The van der Waals surface area contributed by atoms with Crippen LogP contribution in [0.15, 0.2) is 71.7 Å². The fourth-order valence-corrected chi connectivity index (χ4v) is 2.14. The second-order valence-corrected chi connectivity index (χ2v) is 4.63. The summed E-state index contributed by atoms with van der Waals surface area (Å²) in [6.07, 6.45) is 1.12. The third kappa shape index (κ3) is 2.89. The smallest absolute Gasteiger partial charge is 0.260 e. The summed E-state index contributed by atoms with van der Waals surface area (Å²) in [6, 6.07) is 18.3. The zero-order chi connectivity index (χ0) is 14.7. The molecule has 106 valence electrons. The van der Waals surface area contributed by atoms with Crippen LogP contribution in [0.2, 0.25) is 0 Å². The SMILES string of the molecule is CC(Oc1ccccc1)On1ccc(=O)c2ccccc21. The topological polar surface area (TPSA) is 40.5 Å². The van der Waals surface area contributed by atoms with E-state index in [0.717, 1.165) is 5.75 Å². The van der Waals surface area contributed by atoms with E-state index in [1.807, 2.05) is 48.5 Å². The predicted octanol–water partition coefficient (Wildman–Crippen LogP) is 2.86. The Hall–Kier alpha value is -2.75. The standard InChI is InChI=1S/C17H15NO3/c1-13(20-14-7-3-2-4-8-14)21-18-12-11-17(19)15-9-5-6-10-16(15)18/h2-13H,1H3. The highest BCUT2D eigenvalue weighted by atomic mass is 16.8. The molecule has 0 fully saturated rings. The van der Waals surface area contributed by atoms with Gasteiger partial charge in [-0.25, -0.2) is 0 Å². The van der Waals surface area contributed by atoms with Gasteiger partial charge in [-0.1, -0.05) is 30.3 Å². The van der Waals surface area contributed by atoms with Gasteiger partial charge < -0.3 is 9.57 Å². The van der Waals surface area contributed by atoms with Crippen molar-refractivity contribution in [3.63, 3.8) is 0 Å². The van der Waals surface area contributed by atoms with Gasteiger partial charge >= 0.3 is 0 Å². The van der Waals surface area contributed by atoms with Gasteiger partial charge in [0, 0.05) is 24.6 Å². The molecule has 21 heavy (non-hydrogen) atoms. The van der Waals surface area contributed by atoms with Crippen molar-refractivity contribution < 1.29 is 9.57 Å². The first-order valence-electron chi connectivity index (χ1n) is 6.73. The molecule has 0 aliphatic rings. The third-order valence-electron chi connectivity index (χ3n) is 3.08. The van der Waals surface area contributed by atoms with Gasteiger partial charge in [-0.3, -0.25) is 4.79 Å². The van der Waals surface area contributed by atoms with Crippen LogP contribution < -0.4 is 15.0 Å². The van der Waals surface area contributed by atoms with E-state index >= 15 is 0 Å². The number of benzene rings is 2. The minimum atomic E-state index is -0.488. The highest BCUT2D eigenvalue weighted by Gasteiger charge is 2.08. The van der Waals surface area contributed by atoms with Crippen LogP contribution in [0, 0.1) is 0 Å². The highest BCUT2D eigenvalue weighted by molar-refractivity contribution is 5.78. The molecule has 1 unspecified atom stereocenters. The molecule has 0 aliphatic heterocycles. The maximum absolute atomic E-state index is 11.8. The molecule has 0 amide bonds. The maximum atomic E-state index is 11.8. The number of ether oxygens (including phenoxy) is 1. The molecule has 4 heteroatoms. The molecular weight excluding hydrogens is 266 g/mol. The van der Waals surface area contributed by atoms with Crippen molar-refractivity contribution in [3.8, 4) is 5.75 Å². The lowest BCUT2D eigenvalue weighted by Crippen LogP contribution is -2.28. The van der Waals surface area contributed by atoms with Crippen LogP contribution in [0.1, 0.15) is 6.92 Å². The fraction of sp³-hybridized carbons (Fsp3) is 0.118. The van der Waals surface area contributed by atoms with Gasteiger partial charge in [0.1, 0.15) is 5.75 Å². The normalized spacial score (nSPS) is 12.0. The van der Waals surface area contributed by atoms with Crippen LogP contribution in [0.3, 0.4) is 0 Å². The molecule has 3 aromatic rings. The molecule has 3 rings (SSSR count). The van der Waals surface area contributed by atoms with Crippen molar-refractivity contribution in [2.24, 2.45) is 0 Å². The summed E-state index contributed by atoms with van der Waals surface area (Å²) in [5.41, 5.74) is 0.690. The number of pyridine rings is 1. The summed E-state index contributed by atoms with van der Waals surface area (Å²) in [5.74, 6) is 0.732. The Balaban J connectivity index is 1.85. The minimum Gasteiger partial charge on any atom is -0.453 e. The van der Waals surface area contributed by atoms with Gasteiger partial charge in [-0.2, -0.15) is 4.73 Å². The van der Waals surface area contributed by atoms with Gasteiger partial charge in [0.2, 0.25) is 0 Å². The Morgan fingerprint density at radius 2 is 1.67 bits per heavy atom. The Bertz CT molecular complexity index is 796. The summed E-state index contributed by atoms with van der Waals surface area (Å²) >= 11 is 0. The second kappa shape index (κ2) is 5.71. The largest absolute Gasteiger partial charge is 0.453 e. The molecule has 0 N–H and O–H groups in total. The van der Waals surface area contributed by atoms with E-state index in [1.165, 1.54) is 6.07 Å². The van der Waals surface area contributed by atoms with Crippen molar-refractivity contribution in [3.05, 3.63) is 77.1 Å². The zero-order valence-electron chi connectivity index (χ0n) is 11.6. The van der Waals surface area contributed by atoms with Crippen LogP contribution in [-0.4, -0.2) is 11.0 Å². The molecule has 1 heterocycles. The zero-order valence-corrected chi connectivity index (χ0v) is 11.6. The summed E-state index contributed by atoms with van der Waals surface area (Å²) in [5, 5.41) is 0.618. The van der Waals surface area contributed by atoms with E-state index < -0.39 is 6.29 Å². The van der Waals surface area contributed by atoms with Gasteiger partial charge in [0.25, 0.3) is 6.29 Å². The van der Waals surface area contributed by atoms with E-state index in [2.05, 4.69) is 0 Å². The lowest BCUT2D eigenvalue weighted by atomic mass is 10.2. The minimum absolute atomic E-state index is 0.0259. The Kier molecular flexibility index (Phi) is 3.60. The van der Waals surface area contributed by atoms with Crippen LogP contribution in [0.5, 0.6) is 5.75 Å². The lowest BCUT2D eigenvalue weighted by Gasteiger charge is -2.19. The molecule has 0 aliphatic carbocycles. The average Bonchev–Trinajstić information content (AvgIpc) is 2.51. The van der Waals surface area contributed by atoms with E-state index in [1.54, 1.807) is 23.9 Å². The fourth-order valence-electron chi connectivity index (χ4n) is 2.14. The first-order valence-corrected chi connectivity index (χ1v) is 6.73. The van der Waals surface area contributed by atoms with Gasteiger partial charge in [0.05, 0.1) is 5.52 Å². The molecular formula is C17H15NO3. The van der Waals surface area contributed by atoms with Gasteiger partial charge in [0.15, 0.2) is 5.43 Å². The summed E-state index contributed by atoms with van der Waals surface area (Å²) in [6.45, 7) is 1.81. The van der Waals surface area contributed by atoms with Gasteiger partial charge in [-0.05, 0) is 24.3 Å². The average molecular weight is 281 g/mol. The van der Waals surface area contributed by atoms with E-state index in [9.17, 15) is 4.79 Å². The molecule has 0 saturated carbocycles. The van der Waals surface area contributed by atoms with Crippen molar-refractivity contribution in [1.29, 1.82) is 0 Å². The van der Waals surface area contributed by atoms with Gasteiger partial charge in [-0.15, -0.1) is 0 Å². The van der Waals surface area contributed by atoms with E-state index in [4.69, 9.17) is 9.57 Å².